The predicted octanol–water partition coefficient (Wildman–Crippen LogP) is 2.98. The van der Waals surface area contributed by atoms with Gasteiger partial charge in [0.25, 0.3) is 0 Å². The van der Waals surface area contributed by atoms with E-state index in [1.165, 1.54) is 0 Å². The van der Waals surface area contributed by atoms with Crippen LogP contribution in [0.2, 0.25) is 0 Å². The zero-order valence-corrected chi connectivity index (χ0v) is 6.54. The summed E-state index contributed by atoms with van der Waals surface area (Å²) in [5.74, 6) is -10.1. The van der Waals surface area contributed by atoms with E-state index in [0.29, 0.717) is 6.08 Å². The highest BCUT2D eigenvalue weighted by Crippen LogP contribution is 2.23. The third-order valence-electron chi connectivity index (χ3n) is 1.47. The van der Waals surface area contributed by atoms with Crippen molar-refractivity contribution in [2.24, 2.45) is 0 Å². The van der Waals surface area contributed by atoms with E-state index in [4.69, 9.17) is 0 Å². The Hall–Kier alpha value is -1.61. The third kappa shape index (κ3) is 1.42. The smallest absolute Gasteiger partial charge is 0.200 e. The molecule has 0 amide bonds. The number of hydrogen-bond donors (Lipinski definition) is 0. The van der Waals surface area contributed by atoms with Crippen molar-refractivity contribution in [3.05, 3.63) is 47.0 Å². The van der Waals surface area contributed by atoms with E-state index in [9.17, 15) is 22.0 Å². The first-order valence-corrected chi connectivity index (χ1v) is 3.31. The van der Waals surface area contributed by atoms with Gasteiger partial charge in [-0.15, -0.1) is 5.73 Å². The van der Waals surface area contributed by atoms with Gasteiger partial charge in [-0.2, -0.15) is 0 Å². The molecule has 0 aliphatic rings. The molecule has 0 atom stereocenters. The summed E-state index contributed by atoms with van der Waals surface area (Å²) >= 11 is 0. The van der Waals surface area contributed by atoms with Gasteiger partial charge < -0.3 is 0 Å². The molecule has 1 rings (SSSR count). The molecule has 0 aliphatic heterocycles. The van der Waals surface area contributed by atoms with Crippen molar-refractivity contribution < 1.29 is 22.0 Å². The summed E-state index contributed by atoms with van der Waals surface area (Å²) in [7, 11) is 0. The van der Waals surface area contributed by atoms with Crippen LogP contribution in [-0.2, 0) is 0 Å². The molecule has 0 aromatic heterocycles. The van der Waals surface area contributed by atoms with Crippen LogP contribution in [0.3, 0.4) is 0 Å². The van der Waals surface area contributed by atoms with Gasteiger partial charge in [0.1, 0.15) is 0 Å². The third-order valence-corrected chi connectivity index (χ3v) is 1.47. The second-order valence-electron chi connectivity index (χ2n) is 2.29. The highest BCUT2D eigenvalue weighted by atomic mass is 19.2. The van der Waals surface area contributed by atoms with Gasteiger partial charge in [0.15, 0.2) is 23.3 Å². The molecule has 0 nitrogen and oxygen atoms in total. The Morgan fingerprint density at radius 3 is 1.50 bits per heavy atom. The molecule has 0 unspecified atom stereocenters. The van der Waals surface area contributed by atoms with Gasteiger partial charge in [0.2, 0.25) is 5.82 Å². The molecule has 0 fully saturated rings. The quantitative estimate of drug-likeness (QED) is 0.286. The maximum atomic E-state index is 12.7. The number of rotatable bonds is 1. The number of hydrogen-bond acceptors (Lipinski definition) is 0. The highest BCUT2D eigenvalue weighted by Gasteiger charge is 2.23. The number of benzene rings is 1. The average molecular weight is 205 g/mol. The van der Waals surface area contributed by atoms with Crippen LogP contribution in [0.4, 0.5) is 22.0 Å². The molecule has 14 heavy (non-hydrogen) atoms. The van der Waals surface area contributed by atoms with Gasteiger partial charge >= 0.3 is 0 Å². The summed E-state index contributed by atoms with van der Waals surface area (Å²) in [6.45, 7) is 4.66. The van der Waals surface area contributed by atoms with Crippen LogP contribution in [0.5, 0.6) is 0 Å². The molecule has 0 aliphatic carbocycles. The monoisotopic (exact) mass is 205 g/mol. The minimum absolute atomic E-state index is 0.469. The van der Waals surface area contributed by atoms with Gasteiger partial charge in [0.05, 0.1) is 5.56 Å². The highest BCUT2D eigenvalue weighted by molar-refractivity contribution is 5.50. The fraction of sp³-hybridized carbons (Fsp3) is 0. The zero-order valence-electron chi connectivity index (χ0n) is 6.54. The summed E-state index contributed by atoms with van der Waals surface area (Å²) in [6, 6.07) is 0. The Morgan fingerprint density at radius 1 is 0.786 bits per heavy atom. The molecule has 0 saturated carbocycles. The zero-order chi connectivity index (χ0) is 10.9. The van der Waals surface area contributed by atoms with Crippen molar-refractivity contribution in [1.82, 2.24) is 0 Å². The molecule has 0 N–H and O–H groups in total. The predicted molar refractivity (Wildman–Crippen MR) is 38.5 cm³/mol. The van der Waals surface area contributed by atoms with Crippen molar-refractivity contribution in [1.29, 1.82) is 0 Å². The SMILES string of the molecule is [CH]=C=Cc1c(F)c(F)c(F)c(F)c1F. The van der Waals surface area contributed by atoms with Gasteiger partial charge in [0, 0.05) is 0 Å². The summed E-state index contributed by atoms with van der Waals surface area (Å²) < 4.78 is 62.9. The first kappa shape index (κ1) is 10.5. The molecule has 0 spiro atoms. The van der Waals surface area contributed by atoms with Crippen LogP contribution in [0.15, 0.2) is 5.73 Å². The Kier molecular flexibility index (Phi) is 2.72. The maximum absolute atomic E-state index is 12.7. The molecule has 1 aromatic rings. The second-order valence-corrected chi connectivity index (χ2v) is 2.29. The molecule has 1 radical (unpaired) electrons. The molecule has 73 valence electrons. The molecular formula is C9H2F5. The molecule has 1 aromatic carbocycles. The van der Waals surface area contributed by atoms with Crippen molar-refractivity contribution in [3.8, 4) is 0 Å². The van der Waals surface area contributed by atoms with E-state index in [1.54, 1.807) is 5.73 Å². The van der Waals surface area contributed by atoms with Crippen molar-refractivity contribution in [3.63, 3.8) is 0 Å². The van der Waals surface area contributed by atoms with Crippen molar-refractivity contribution in [2.45, 2.75) is 0 Å². The molecule has 0 saturated heterocycles. The van der Waals surface area contributed by atoms with E-state index in [2.05, 4.69) is 6.58 Å². The van der Waals surface area contributed by atoms with Crippen molar-refractivity contribution >= 4 is 6.08 Å². The molecule has 5 heteroatoms. The van der Waals surface area contributed by atoms with Crippen LogP contribution < -0.4 is 0 Å². The Balaban J connectivity index is 3.67. The Bertz CT molecular complexity index is 400. The Labute approximate surface area is 76.0 Å². The lowest BCUT2D eigenvalue weighted by atomic mass is 10.1. The van der Waals surface area contributed by atoms with Gasteiger partial charge in [-0.3, -0.25) is 0 Å². The summed E-state index contributed by atoms with van der Waals surface area (Å²) in [5.41, 5.74) is 0.571. The minimum Gasteiger partial charge on any atom is -0.203 e. The van der Waals surface area contributed by atoms with Crippen LogP contribution in [0, 0.1) is 35.7 Å². The second kappa shape index (κ2) is 3.64. The molecular weight excluding hydrogens is 203 g/mol. The van der Waals surface area contributed by atoms with Crippen LogP contribution in [-0.4, -0.2) is 0 Å². The first-order chi connectivity index (χ1) is 6.50. The van der Waals surface area contributed by atoms with Gasteiger partial charge in [-0.25, -0.2) is 22.0 Å². The minimum atomic E-state index is -2.20. The lowest BCUT2D eigenvalue weighted by molar-refractivity contribution is 0.377. The van der Waals surface area contributed by atoms with Crippen LogP contribution >= 0.6 is 0 Å². The van der Waals surface area contributed by atoms with Gasteiger partial charge in [-0.1, -0.05) is 0 Å². The van der Waals surface area contributed by atoms with E-state index in [1.807, 2.05) is 0 Å². The van der Waals surface area contributed by atoms with E-state index < -0.39 is 34.6 Å². The normalized spacial score (nSPS) is 9.79. The summed E-state index contributed by atoms with van der Waals surface area (Å²) in [5, 5.41) is 0. The standard InChI is InChI=1S/C9H2F5/c1-2-3-4-5(10)7(12)9(14)8(13)6(4)11/h1,3H. The van der Waals surface area contributed by atoms with E-state index in [0.717, 1.165) is 0 Å². The van der Waals surface area contributed by atoms with Crippen molar-refractivity contribution in [2.75, 3.05) is 0 Å². The lowest BCUT2D eigenvalue weighted by Gasteiger charge is -2.02. The Morgan fingerprint density at radius 2 is 1.14 bits per heavy atom. The van der Waals surface area contributed by atoms with E-state index in [-0.39, 0.29) is 0 Å². The average Bonchev–Trinajstić information content (AvgIpc) is 2.19. The first-order valence-electron chi connectivity index (χ1n) is 3.31. The maximum Gasteiger partial charge on any atom is 0.200 e. The van der Waals surface area contributed by atoms with E-state index >= 15 is 0 Å². The molecule has 0 heterocycles. The van der Waals surface area contributed by atoms with Gasteiger partial charge in [-0.05, 0) is 12.7 Å². The summed E-state index contributed by atoms with van der Waals surface area (Å²) in [4.78, 5) is 0. The topological polar surface area (TPSA) is 0 Å². The fourth-order valence-electron chi connectivity index (χ4n) is 0.832. The fourth-order valence-corrected chi connectivity index (χ4v) is 0.832. The van der Waals surface area contributed by atoms with Crippen LogP contribution in [0.1, 0.15) is 5.56 Å². The lowest BCUT2D eigenvalue weighted by Crippen LogP contribution is -2.03. The number of halogens is 5. The molecule has 0 bridgehead atoms. The van der Waals surface area contributed by atoms with Crippen LogP contribution in [0.25, 0.3) is 6.08 Å². The summed E-state index contributed by atoms with van der Waals surface area (Å²) in [6.07, 6.45) is 0.469. The largest absolute Gasteiger partial charge is 0.203 e.